The normalized spacial score (nSPS) is 17.6. The van der Waals surface area contributed by atoms with Crippen LogP contribution >= 0.6 is 11.8 Å². The third-order valence-electron chi connectivity index (χ3n) is 6.88. The van der Waals surface area contributed by atoms with E-state index >= 15 is 0 Å². The van der Waals surface area contributed by atoms with Crippen molar-refractivity contribution in [2.45, 2.75) is 24.5 Å². The molecule has 2 aliphatic rings. The van der Waals surface area contributed by atoms with Gasteiger partial charge in [-0.1, -0.05) is 29.5 Å². The number of carbonyl (C=O) groups excluding carboxylic acids is 1. The first-order valence-corrected chi connectivity index (χ1v) is 12.9. The van der Waals surface area contributed by atoms with Crippen LogP contribution in [-0.4, -0.2) is 62.1 Å². The van der Waals surface area contributed by atoms with Crippen LogP contribution in [0.25, 0.3) is 16.7 Å². The van der Waals surface area contributed by atoms with E-state index in [9.17, 15) is 14.0 Å². The van der Waals surface area contributed by atoms with Crippen LogP contribution < -0.4 is 10.5 Å². The van der Waals surface area contributed by atoms with Crippen molar-refractivity contribution < 1.29 is 9.18 Å². The minimum absolute atomic E-state index is 0.0366. The Kier molecular flexibility index (Phi) is 5.75. The number of thioether (sulfide) groups is 1. The van der Waals surface area contributed by atoms with Gasteiger partial charge in [-0.05, 0) is 43.3 Å². The highest BCUT2D eigenvalue weighted by molar-refractivity contribution is 7.99. The summed E-state index contributed by atoms with van der Waals surface area (Å²) in [6.07, 6.45) is 1.82. The number of benzene rings is 2. The van der Waals surface area contributed by atoms with Crippen LogP contribution in [0.5, 0.6) is 0 Å². The summed E-state index contributed by atoms with van der Waals surface area (Å²) in [5.41, 5.74) is 3.33. The highest BCUT2D eigenvalue weighted by atomic mass is 32.2. The summed E-state index contributed by atoms with van der Waals surface area (Å²) < 4.78 is 16.6. The Balaban J connectivity index is 1.18. The van der Waals surface area contributed by atoms with Gasteiger partial charge in [0.2, 0.25) is 5.91 Å². The van der Waals surface area contributed by atoms with Crippen molar-refractivity contribution in [2.24, 2.45) is 0 Å². The quantitative estimate of drug-likeness (QED) is 0.397. The third-order valence-corrected chi connectivity index (χ3v) is 7.98. The van der Waals surface area contributed by atoms with Crippen molar-refractivity contribution in [3.63, 3.8) is 0 Å². The molecule has 2 aliphatic heterocycles. The predicted molar refractivity (Wildman–Crippen MR) is 137 cm³/mol. The molecule has 1 unspecified atom stereocenters. The molecule has 0 bridgehead atoms. The van der Waals surface area contributed by atoms with Gasteiger partial charge >= 0.3 is 0 Å². The second-order valence-corrected chi connectivity index (χ2v) is 10.2. The second-order valence-electron chi connectivity index (χ2n) is 9.21. The Morgan fingerprint density at radius 2 is 1.72 bits per heavy atom. The number of fused-ring (bicyclic) bond motifs is 2. The van der Waals surface area contributed by atoms with E-state index in [1.54, 1.807) is 27.6 Å². The maximum Gasteiger partial charge on any atom is 0.265 e. The van der Waals surface area contributed by atoms with Gasteiger partial charge in [-0.2, -0.15) is 5.10 Å². The molecule has 4 aromatic rings. The predicted octanol–water partition coefficient (Wildman–Crippen LogP) is 3.42. The highest BCUT2D eigenvalue weighted by Gasteiger charge is 2.31. The van der Waals surface area contributed by atoms with Crippen LogP contribution in [-0.2, 0) is 4.79 Å². The van der Waals surface area contributed by atoms with Gasteiger partial charge < -0.3 is 9.80 Å². The molecule has 10 heteroatoms. The van der Waals surface area contributed by atoms with Crippen LogP contribution in [0.2, 0.25) is 0 Å². The van der Waals surface area contributed by atoms with E-state index in [1.165, 1.54) is 23.9 Å². The average Bonchev–Trinajstić information content (AvgIpc) is 3.50. The first-order valence-electron chi connectivity index (χ1n) is 12.0. The van der Waals surface area contributed by atoms with Crippen molar-refractivity contribution in [2.75, 3.05) is 36.8 Å². The Morgan fingerprint density at radius 1 is 1.03 bits per heavy atom. The van der Waals surface area contributed by atoms with Crippen LogP contribution in [0, 0.1) is 12.7 Å². The molecule has 6 rings (SSSR count). The molecule has 1 fully saturated rings. The molecule has 8 nitrogen and oxygen atoms in total. The fourth-order valence-electron chi connectivity index (χ4n) is 4.85. The molecule has 0 aliphatic carbocycles. The van der Waals surface area contributed by atoms with E-state index in [2.05, 4.69) is 10.00 Å². The zero-order chi connectivity index (χ0) is 24.8. The van der Waals surface area contributed by atoms with E-state index < -0.39 is 0 Å². The number of halogens is 1. The second kappa shape index (κ2) is 9.09. The largest absolute Gasteiger partial charge is 0.368 e. The van der Waals surface area contributed by atoms with Gasteiger partial charge in [0, 0.05) is 44.0 Å². The maximum atomic E-state index is 13.4. The lowest BCUT2D eigenvalue weighted by Crippen LogP contribution is -2.49. The standard InChI is InChI=1S/C26H25FN6O2S/c1-17-2-6-20(7-3-17)33-24-22(15-28-33)25(35)32-21(16-36-26(32)29-24)14-23(34)31-12-10-30(11-13-31)19-8-4-18(27)5-9-19/h2-9,15,21H,10-14,16H2,1H3. The molecule has 0 radical (unpaired) electrons. The number of hydrogen-bond donors (Lipinski definition) is 0. The molecule has 36 heavy (non-hydrogen) atoms. The molecule has 4 heterocycles. The van der Waals surface area contributed by atoms with Gasteiger partial charge in [-0.25, -0.2) is 14.1 Å². The summed E-state index contributed by atoms with van der Waals surface area (Å²) in [6, 6.07) is 14.1. The third kappa shape index (κ3) is 4.05. The van der Waals surface area contributed by atoms with E-state index in [0.717, 1.165) is 16.9 Å². The number of aryl methyl sites for hydroxylation is 1. The van der Waals surface area contributed by atoms with Crippen LogP contribution in [0.4, 0.5) is 10.1 Å². The monoisotopic (exact) mass is 504 g/mol. The van der Waals surface area contributed by atoms with Gasteiger partial charge in [-0.15, -0.1) is 0 Å². The number of amides is 1. The zero-order valence-electron chi connectivity index (χ0n) is 19.8. The lowest BCUT2D eigenvalue weighted by atomic mass is 10.1. The number of rotatable bonds is 4. The Hall–Kier alpha value is -3.66. The van der Waals surface area contributed by atoms with E-state index in [1.807, 2.05) is 36.1 Å². The molecule has 2 aromatic heterocycles. The van der Waals surface area contributed by atoms with Gasteiger partial charge in [0.1, 0.15) is 11.2 Å². The van der Waals surface area contributed by atoms with Crippen LogP contribution in [0.1, 0.15) is 18.0 Å². The SMILES string of the molecule is Cc1ccc(-n2ncc3c(=O)n4c(nc32)SCC4CC(=O)N2CCN(c3ccc(F)cc3)CC2)cc1. The summed E-state index contributed by atoms with van der Waals surface area (Å²) in [5.74, 6) is 0.412. The summed E-state index contributed by atoms with van der Waals surface area (Å²) in [6.45, 7) is 4.59. The lowest BCUT2D eigenvalue weighted by molar-refractivity contribution is -0.132. The van der Waals surface area contributed by atoms with Gasteiger partial charge in [0.05, 0.1) is 17.9 Å². The molecular formula is C26H25FN6O2S. The lowest BCUT2D eigenvalue weighted by Gasteiger charge is -2.36. The Labute approximate surface area is 211 Å². The number of hydrogen-bond acceptors (Lipinski definition) is 6. The minimum Gasteiger partial charge on any atom is -0.368 e. The van der Waals surface area contributed by atoms with Crippen LogP contribution in [0.15, 0.2) is 64.7 Å². The molecule has 2 aromatic carbocycles. The Bertz CT molecular complexity index is 1490. The van der Waals surface area contributed by atoms with Crippen LogP contribution in [0.3, 0.4) is 0 Å². The molecule has 0 saturated carbocycles. The number of piperazine rings is 1. The van der Waals surface area contributed by atoms with E-state index in [0.29, 0.717) is 48.1 Å². The van der Waals surface area contributed by atoms with Crippen molar-refractivity contribution in [1.29, 1.82) is 0 Å². The van der Waals surface area contributed by atoms with Gasteiger partial charge in [0.15, 0.2) is 10.8 Å². The van der Waals surface area contributed by atoms with Crippen molar-refractivity contribution in [3.8, 4) is 5.69 Å². The summed E-state index contributed by atoms with van der Waals surface area (Å²) in [4.78, 5) is 35.3. The molecule has 1 atom stereocenters. The number of anilines is 1. The van der Waals surface area contributed by atoms with E-state index in [4.69, 9.17) is 4.98 Å². The number of carbonyl (C=O) groups is 1. The molecule has 0 N–H and O–H groups in total. The van der Waals surface area contributed by atoms with Crippen molar-refractivity contribution in [3.05, 3.63) is 76.5 Å². The summed E-state index contributed by atoms with van der Waals surface area (Å²) in [7, 11) is 0. The molecule has 184 valence electrons. The summed E-state index contributed by atoms with van der Waals surface area (Å²) in [5, 5.41) is 5.50. The van der Waals surface area contributed by atoms with Crippen molar-refractivity contribution >= 4 is 34.4 Å². The first kappa shape index (κ1) is 22.8. The smallest absolute Gasteiger partial charge is 0.265 e. The highest BCUT2D eigenvalue weighted by Crippen LogP contribution is 2.34. The average molecular weight is 505 g/mol. The topological polar surface area (TPSA) is 76.3 Å². The minimum atomic E-state index is -0.258. The molecule has 1 amide bonds. The van der Waals surface area contributed by atoms with Gasteiger partial charge in [0.25, 0.3) is 5.56 Å². The fraction of sp³-hybridized carbons (Fsp3) is 0.308. The molecular weight excluding hydrogens is 479 g/mol. The van der Waals surface area contributed by atoms with Crippen molar-refractivity contribution in [1.82, 2.24) is 24.2 Å². The maximum absolute atomic E-state index is 13.4. The first-order chi connectivity index (χ1) is 17.5. The number of nitrogens with zero attached hydrogens (tertiary/aromatic N) is 6. The van der Waals surface area contributed by atoms with Gasteiger partial charge in [-0.3, -0.25) is 14.2 Å². The number of aromatic nitrogens is 4. The molecule has 1 saturated heterocycles. The fourth-order valence-corrected chi connectivity index (χ4v) is 5.98. The van der Waals surface area contributed by atoms with E-state index in [-0.39, 0.29) is 29.7 Å². The molecule has 0 spiro atoms. The zero-order valence-corrected chi connectivity index (χ0v) is 20.6. The summed E-state index contributed by atoms with van der Waals surface area (Å²) >= 11 is 1.50. The Morgan fingerprint density at radius 3 is 2.44 bits per heavy atom.